The van der Waals surface area contributed by atoms with Crippen molar-refractivity contribution in [3.05, 3.63) is 41.0 Å². The summed E-state index contributed by atoms with van der Waals surface area (Å²) in [6, 6.07) is 5.24. The summed E-state index contributed by atoms with van der Waals surface area (Å²) < 4.78 is 0. The molecule has 0 aliphatic rings. The Morgan fingerprint density at radius 2 is 2.05 bits per heavy atom. The van der Waals surface area contributed by atoms with Gasteiger partial charge in [-0.3, -0.25) is 4.79 Å². The second-order valence-electron chi connectivity index (χ2n) is 4.65. The van der Waals surface area contributed by atoms with Gasteiger partial charge in [-0.15, -0.1) is 0 Å². The molecule has 114 valence electrons. The third-order valence-corrected chi connectivity index (χ3v) is 3.27. The maximum absolute atomic E-state index is 12.5. The summed E-state index contributed by atoms with van der Waals surface area (Å²) in [6.45, 7) is 4.80. The third-order valence-electron chi connectivity index (χ3n) is 3.27. The molecule has 0 spiro atoms. The Labute approximate surface area is 124 Å². The van der Waals surface area contributed by atoms with Crippen LogP contribution in [0.2, 0.25) is 0 Å². The van der Waals surface area contributed by atoms with Gasteiger partial charge < -0.3 is 15.1 Å². The van der Waals surface area contributed by atoms with Crippen LogP contribution in [0.3, 0.4) is 0 Å². The molecule has 5 heteroatoms. The molecule has 0 aliphatic heterocycles. The monoisotopic (exact) mass is 291 g/mol. The highest BCUT2D eigenvalue weighted by Crippen LogP contribution is 2.17. The summed E-state index contributed by atoms with van der Waals surface area (Å²) in [4.78, 5) is 24.8. The summed E-state index contributed by atoms with van der Waals surface area (Å²) in [5, 5.41) is 17.6. The summed E-state index contributed by atoms with van der Waals surface area (Å²) in [5.41, 5.74) is 2.02. The van der Waals surface area contributed by atoms with Gasteiger partial charge in [0.1, 0.15) is 0 Å². The number of carbonyl (C=O) groups excluding carboxylic acids is 1. The number of nitrogens with zero attached hydrogens (tertiary/aromatic N) is 1. The van der Waals surface area contributed by atoms with Crippen molar-refractivity contribution in [1.82, 2.24) is 4.90 Å². The van der Waals surface area contributed by atoms with Crippen LogP contribution in [0.25, 0.3) is 6.08 Å². The lowest BCUT2D eigenvalue weighted by Crippen LogP contribution is -2.32. The zero-order valence-corrected chi connectivity index (χ0v) is 12.4. The highest BCUT2D eigenvalue weighted by Gasteiger charge is 2.16. The first kappa shape index (κ1) is 16.9. The Morgan fingerprint density at radius 3 is 2.62 bits per heavy atom. The van der Waals surface area contributed by atoms with E-state index in [2.05, 4.69) is 0 Å². The molecule has 0 radical (unpaired) electrons. The molecule has 0 saturated carbocycles. The molecular weight excluding hydrogens is 270 g/mol. The Bertz CT molecular complexity index is 537. The number of aliphatic hydroxyl groups excluding tert-OH is 1. The molecule has 21 heavy (non-hydrogen) atoms. The number of carbonyl (C=O) groups is 2. The van der Waals surface area contributed by atoms with Crippen LogP contribution >= 0.6 is 0 Å². The molecular formula is C16H21NO4. The predicted molar refractivity (Wildman–Crippen MR) is 81.1 cm³/mol. The van der Waals surface area contributed by atoms with Crippen molar-refractivity contribution in [3.63, 3.8) is 0 Å². The molecule has 0 unspecified atom stereocenters. The fourth-order valence-electron chi connectivity index (χ4n) is 2.06. The number of carboxylic acid groups (broad SMARTS) is 1. The Balaban J connectivity index is 3.04. The van der Waals surface area contributed by atoms with Crippen molar-refractivity contribution in [2.75, 3.05) is 19.7 Å². The second kappa shape index (κ2) is 8.21. The highest BCUT2D eigenvalue weighted by molar-refractivity contribution is 5.97. The summed E-state index contributed by atoms with van der Waals surface area (Å²) in [6.07, 6.45) is 3.08. The number of aliphatic carboxylic acids is 1. The average molecular weight is 291 g/mol. The van der Waals surface area contributed by atoms with Gasteiger partial charge in [0.25, 0.3) is 5.91 Å². The molecule has 0 fully saturated rings. The van der Waals surface area contributed by atoms with Crippen molar-refractivity contribution in [1.29, 1.82) is 0 Å². The molecule has 0 bridgehead atoms. The molecule has 0 saturated heterocycles. The fraction of sp³-hybridized carbons (Fsp3) is 0.375. The first-order valence-electron chi connectivity index (χ1n) is 6.92. The number of aliphatic hydroxyl groups is 1. The van der Waals surface area contributed by atoms with Crippen molar-refractivity contribution in [3.8, 4) is 0 Å². The van der Waals surface area contributed by atoms with Crippen molar-refractivity contribution < 1.29 is 19.8 Å². The lowest BCUT2D eigenvalue weighted by molar-refractivity contribution is -0.131. The SMILES string of the molecule is CCN(CCCO)C(=O)c1cccc(/C=C/C(=O)O)c1C. The van der Waals surface area contributed by atoms with Crippen molar-refractivity contribution in [2.24, 2.45) is 0 Å². The first-order valence-corrected chi connectivity index (χ1v) is 6.92. The van der Waals surface area contributed by atoms with Crippen LogP contribution in [0.5, 0.6) is 0 Å². The third kappa shape index (κ3) is 4.72. The first-order chi connectivity index (χ1) is 10.0. The standard InChI is InChI=1S/C16H21NO4/c1-3-17(10-5-11-18)16(21)14-7-4-6-13(12(14)2)8-9-15(19)20/h4,6-9,18H,3,5,10-11H2,1-2H3,(H,19,20)/b9-8+. The van der Waals surface area contributed by atoms with Crippen LogP contribution < -0.4 is 0 Å². The van der Waals surface area contributed by atoms with E-state index in [0.717, 1.165) is 11.6 Å². The quantitative estimate of drug-likeness (QED) is 0.753. The minimum atomic E-state index is -1.02. The Kier molecular flexibility index (Phi) is 6.62. The predicted octanol–water partition coefficient (Wildman–Crippen LogP) is 1.94. The van der Waals surface area contributed by atoms with E-state index in [0.29, 0.717) is 30.6 Å². The van der Waals surface area contributed by atoms with Crippen molar-refractivity contribution in [2.45, 2.75) is 20.3 Å². The van der Waals surface area contributed by atoms with E-state index in [1.165, 1.54) is 6.08 Å². The van der Waals surface area contributed by atoms with Crippen LogP contribution in [-0.4, -0.2) is 46.7 Å². The lowest BCUT2D eigenvalue weighted by atomic mass is 10.0. The molecule has 0 aliphatic carbocycles. The molecule has 0 heterocycles. The van der Waals surface area contributed by atoms with Crippen LogP contribution in [0.1, 0.15) is 34.8 Å². The maximum Gasteiger partial charge on any atom is 0.328 e. The maximum atomic E-state index is 12.5. The van der Waals surface area contributed by atoms with Crippen molar-refractivity contribution >= 4 is 18.0 Å². The fourth-order valence-corrected chi connectivity index (χ4v) is 2.06. The minimum Gasteiger partial charge on any atom is -0.478 e. The molecule has 1 aromatic carbocycles. The topological polar surface area (TPSA) is 77.8 Å². The normalized spacial score (nSPS) is 10.8. The highest BCUT2D eigenvalue weighted by atomic mass is 16.4. The van der Waals surface area contributed by atoms with Crippen LogP contribution in [0.4, 0.5) is 0 Å². The summed E-state index contributed by atoms with van der Waals surface area (Å²) in [5.74, 6) is -1.13. The summed E-state index contributed by atoms with van der Waals surface area (Å²) in [7, 11) is 0. The number of hydrogen-bond acceptors (Lipinski definition) is 3. The zero-order chi connectivity index (χ0) is 15.8. The van der Waals surface area contributed by atoms with Gasteiger partial charge in [-0.1, -0.05) is 12.1 Å². The second-order valence-corrected chi connectivity index (χ2v) is 4.65. The molecule has 1 aromatic rings. The van der Waals surface area contributed by atoms with E-state index in [-0.39, 0.29) is 12.5 Å². The number of hydrogen-bond donors (Lipinski definition) is 2. The van der Waals surface area contributed by atoms with E-state index in [4.69, 9.17) is 10.2 Å². The number of benzene rings is 1. The van der Waals surface area contributed by atoms with Crippen LogP contribution in [0.15, 0.2) is 24.3 Å². The van der Waals surface area contributed by atoms with Gasteiger partial charge in [0.2, 0.25) is 0 Å². The van der Waals surface area contributed by atoms with E-state index >= 15 is 0 Å². The van der Waals surface area contributed by atoms with Gasteiger partial charge in [0.05, 0.1) is 0 Å². The van der Waals surface area contributed by atoms with Gasteiger partial charge in [0, 0.05) is 31.3 Å². The molecule has 2 N–H and O–H groups in total. The number of amides is 1. The Morgan fingerprint density at radius 1 is 1.33 bits per heavy atom. The zero-order valence-electron chi connectivity index (χ0n) is 12.4. The smallest absolute Gasteiger partial charge is 0.328 e. The molecule has 0 aromatic heterocycles. The summed E-state index contributed by atoms with van der Waals surface area (Å²) >= 11 is 0. The molecule has 1 rings (SSSR count). The molecule has 0 atom stereocenters. The van der Waals surface area contributed by atoms with E-state index < -0.39 is 5.97 Å². The molecule has 5 nitrogen and oxygen atoms in total. The van der Waals surface area contributed by atoms with E-state index in [9.17, 15) is 9.59 Å². The van der Waals surface area contributed by atoms with Gasteiger partial charge >= 0.3 is 5.97 Å². The van der Waals surface area contributed by atoms with Gasteiger partial charge in [-0.05, 0) is 43.5 Å². The van der Waals surface area contributed by atoms with Crippen LogP contribution in [0, 0.1) is 6.92 Å². The largest absolute Gasteiger partial charge is 0.478 e. The van der Waals surface area contributed by atoms with Gasteiger partial charge in [0.15, 0.2) is 0 Å². The lowest BCUT2D eigenvalue weighted by Gasteiger charge is -2.22. The molecule has 1 amide bonds. The van der Waals surface area contributed by atoms with Gasteiger partial charge in [-0.25, -0.2) is 4.79 Å². The number of carboxylic acids is 1. The van der Waals surface area contributed by atoms with E-state index in [1.807, 2.05) is 6.92 Å². The number of rotatable bonds is 7. The van der Waals surface area contributed by atoms with Gasteiger partial charge in [-0.2, -0.15) is 0 Å². The van der Waals surface area contributed by atoms with Crippen LogP contribution in [-0.2, 0) is 4.79 Å². The Hall–Kier alpha value is -2.14. The average Bonchev–Trinajstić information content (AvgIpc) is 2.46. The van der Waals surface area contributed by atoms with E-state index in [1.54, 1.807) is 30.0 Å². The minimum absolute atomic E-state index is 0.0458.